The summed E-state index contributed by atoms with van der Waals surface area (Å²) in [6.07, 6.45) is 2.23. The maximum absolute atomic E-state index is 14.9. The third-order valence-corrected chi connectivity index (χ3v) is 7.25. The largest absolute Gasteiger partial charge is 0.417 e. The molecule has 0 spiro atoms. The highest BCUT2D eigenvalue weighted by atomic mass is 19.1. The number of hydrogen-bond acceptors (Lipinski definition) is 7. The van der Waals surface area contributed by atoms with Crippen LogP contribution in [0.3, 0.4) is 0 Å². The normalized spacial score (nSPS) is 16.2. The van der Waals surface area contributed by atoms with Crippen LogP contribution in [0.2, 0.25) is 0 Å². The Morgan fingerprint density at radius 1 is 1.05 bits per heavy atom. The highest BCUT2D eigenvalue weighted by molar-refractivity contribution is 5.86. The van der Waals surface area contributed by atoms with Crippen molar-refractivity contribution < 1.29 is 23.4 Å². The minimum atomic E-state index is -1.69. The van der Waals surface area contributed by atoms with Gasteiger partial charge in [0.05, 0.1) is 6.54 Å². The van der Waals surface area contributed by atoms with Crippen LogP contribution in [0.5, 0.6) is 5.75 Å². The molecule has 1 aromatic heterocycles. The van der Waals surface area contributed by atoms with Crippen LogP contribution in [0, 0.1) is 11.6 Å². The molecule has 0 aliphatic carbocycles. The van der Waals surface area contributed by atoms with E-state index in [1.807, 2.05) is 37.3 Å². The molecule has 11 heteroatoms. The molecule has 4 aromatic rings. The summed E-state index contributed by atoms with van der Waals surface area (Å²) in [5, 5.41) is 18.7. The van der Waals surface area contributed by atoms with Crippen LogP contribution >= 0.6 is 0 Å². The van der Waals surface area contributed by atoms with Gasteiger partial charge in [-0.2, -0.15) is 5.10 Å². The van der Waals surface area contributed by atoms with Crippen LogP contribution < -0.4 is 15.0 Å². The van der Waals surface area contributed by atoms with Crippen LogP contribution in [0.4, 0.5) is 25.0 Å². The zero-order valence-electron chi connectivity index (χ0n) is 22.0. The second kappa shape index (κ2) is 11.8. The van der Waals surface area contributed by atoms with Crippen molar-refractivity contribution in [2.24, 2.45) is 0 Å². The van der Waals surface area contributed by atoms with Crippen LogP contribution in [0.15, 0.2) is 85.5 Å². The van der Waals surface area contributed by atoms with Gasteiger partial charge < -0.3 is 14.7 Å². The number of rotatable bonds is 8. The summed E-state index contributed by atoms with van der Waals surface area (Å²) in [7, 11) is 0. The minimum Gasteiger partial charge on any atom is -0.410 e. The molecule has 208 valence electrons. The number of nitrogens with one attached hydrogen (secondary N) is 1. The Hall–Kier alpha value is -4.35. The van der Waals surface area contributed by atoms with Gasteiger partial charge in [-0.3, -0.25) is 10.2 Å². The summed E-state index contributed by atoms with van der Waals surface area (Å²) in [5.41, 5.74) is -0.0867. The number of piperazine rings is 1. The van der Waals surface area contributed by atoms with Crippen molar-refractivity contribution in [1.82, 2.24) is 19.7 Å². The Labute approximate surface area is 230 Å². The molecule has 2 heterocycles. The van der Waals surface area contributed by atoms with Gasteiger partial charge in [-0.25, -0.2) is 23.2 Å². The van der Waals surface area contributed by atoms with E-state index in [0.29, 0.717) is 37.6 Å². The van der Waals surface area contributed by atoms with Gasteiger partial charge in [-0.1, -0.05) is 24.3 Å². The number of para-hydroxylation sites is 1. The average molecular weight is 549 g/mol. The molecule has 1 amide bonds. The van der Waals surface area contributed by atoms with E-state index in [-0.39, 0.29) is 12.1 Å². The van der Waals surface area contributed by atoms with Crippen molar-refractivity contribution in [2.45, 2.75) is 25.1 Å². The molecule has 0 radical (unpaired) electrons. The number of anilines is 2. The lowest BCUT2D eigenvalue weighted by Crippen LogP contribution is -2.57. The molecule has 0 saturated carbocycles. The highest BCUT2D eigenvalue weighted by Gasteiger charge is 2.42. The molecule has 0 bridgehead atoms. The SMILES string of the molecule is C[C@@H](N1CCN(c2ccc(NC(=O)Oc3ccccc3)cc2)CC1)[C@](O)(Cn1cncn1)c1ccc(F)cc1F. The fourth-order valence-corrected chi connectivity index (χ4v) is 5.01. The van der Waals surface area contributed by atoms with E-state index in [1.165, 1.54) is 23.4 Å². The van der Waals surface area contributed by atoms with Gasteiger partial charge in [-0.15, -0.1) is 0 Å². The van der Waals surface area contributed by atoms with Crippen LogP contribution in [-0.4, -0.2) is 63.1 Å². The van der Waals surface area contributed by atoms with E-state index in [9.17, 15) is 18.7 Å². The van der Waals surface area contributed by atoms with Gasteiger partial charge in [0.15, 0.2) is 0 Å². The summed E-state index contributed by atoms with van der Waals surface area (Å²) in [6, 6.07) is 19.0. The smallest absolute Gasteiger partial charge is 0.410 e. The number of ether oxygens (including phenoxy) is 1. The number of hydrogen-bond donors (Lipinski definition) is 2. The average Bonchev–Trinajstić information content (AvgIpc) is 3.46. The Kier molecular flexibility index (Phi) is 8.04. The van der Waals surface area contributed by atoms with Gasteiger partial charge in [0, 0.05) is 55.2 Å². The van der Waals surface area contributed by atoms with Gasteiger partial charge >= 0.3 is 6.09 Å². The molecule has 40 heavy (non-hydrogen) atoms. The third-order valence-electron chi connectivity index (χ3n) is 7.25. The molecule has 3 aromatic carbocycles. The molecule has 1 fully saturated rings. The number of aromatic nitrogens is 3. The van der Waals surface area contributed by atoms with Gasteiger partial charge in [-0.05, 0) is 49.4 Å². The van der Waals surface area contributed by atoms with Crippen LogP contribution in [0.25, 0.3) is 0 Å². The zero-order chi connectivity index (χ0) is 28.1. The molecule has 1 aliphatic rings. The van der Waals surface area contributed by atoms with Crippen molar-refractivity contribution in [3.05, 3.63) is 103 Å². The first-order valence-electron chi connectivity index (χ1n) is 12.9. The van der Waals surface area contributed by atoms with Crippen molar-refractivity contribution >= 4 is 17.5 Å². The van der Waals surface area contributed by atoms with Crippen LogP contribution in [0.1, 0.15) is 12.5 Å². The van der Waals surface area contributed by atoms with Crippen molar-refractivity contribution in [3.63, 3.8) is 0 Å². The Bertz CT molecular complexity index is 1410. The number of nitrogens with zero attached hydrogens (tertiary/aromatic N) is 5. The molecule has 0 unspecified atom stereocenters. The monoisotopic (exact) mass is 548 g/mol. The fourth-order valence-electron chi connectivity index (χ4n) is 5.01. The lowest BCUT2D eigenvalue weighted by atomic mass is 9.85. The molecule has 9 nitrogen and oxygen atoms in total. The van der Waals surface area contributed by atoms with Gasteiger partial charge in [0.25, 0.3) is 0 Å². The first kappa shape index (κ1) is 27.2. The van der Waals surface area contributed by atoms with E-state index < -0.39 is 29.4 Å². The fraction of sp³-hybridized carbons (Fsp3) is 0.276. The Balaban J connectivity index is 1.23. The van der Waals surface area contributed by atoms with E-state index in [0.717, 1.165) is 17.8 Å². The van der Waals surface area contributed by atoms with E-state index in [2.05, 4.69) is 25.2 Å². The van der Waals surface area contributed by atoms with Gasteiger partial charge in [0.1, 0.15) is 35.6 Å². The van der Waals surface area contributed by atoms with Gasteiger partial charge in [0.2, 0.25) is 0 Å². The molecular weight excluding hydrogens is 518 g/mol. The van der Waals surface area contributed by atoms with Crippen LogP contribution in [-0.2, 0) is 12.1 Å². The zero-order valence-corrected chi connectivity index (χ0v) is 22.0. The van der Waals surface area contributed by atoms with E-state index in [1.54, 1.807) is 24.3 Å². The summed E-state index contributed by atoms with van der Waals surface area (Å²) in [4.78, 5) is 20.4. The molecular formula is C29H30F2N6O3. The standard InChI is InChI=1S/C29H30F2N6O3/c1-21(29(39,18-37-20-32-19-33-37)26-12-7-22(30)17-27(26)31)35-13-15-36(16-14-35)24-10-8-23(9-11-24)34-28(38)40-25-5-3-2-4-6-25/h2-12,17,19-21,39H,13-16,18H2,1H3,(H,34,38)/t21-,29-/m1/s1. The lowest BCUT2D eigenvalue weighted by Gasteiger charge is -2.45. The maximum atomic E-state index is 14.9. The number of halogens is 2. The second-order valence-corrected chi connectivity index (χ2v) is 9.71. The quantitative estimate of drug-likeness (QED) is 0.340. The second-order valence-electron chi connectivity index (χ2n) is 9.71. The number of aliphatic hydroxyl groups is 1. The van der Waals surface area contributed by atoms with Crippen molar-refractivity contribution in [2.75, 3.05) is 36.4 Å². The molecule has 1 saturated heterocycles. The number of benzene rings is 3. The summed E-state index contributed by atoms with van der Waals surface area (Å²) >= 11 is 0. The van der Waals surface area contributed by atoms with E-state index >= 15 is 0 Å². The van der Waals surface area contributed by atoms with Crippen molar-refractivity contribution in [1.29, 1.82) is 0 Å². The lowest BCUT2D eigenvalue weighted by molar-refractivity contribution is -0.0650. The summed E-state index contributed by atoms with van der Waals surface area (Å²) in [5.74, 6) is -1.06. The first-order chi connectivity index (χ1) is 19.3. The Morgan fingerprint density at radius 2 is 1.77 bits per heavy atom. The van der Waals surface area contributed by atoms with Crippen molar-refractivity contribution in [3.8, 4) is 5.75 Å². The number of amides is 1. The molecule has 2 N–H and O–H groups in total. The molecule has 5 rings (SSSR count). The summed E-state index contributed by atoms with van der Waals surface area (Å²) < 4.78 is 35.3. The predicted molar refractivity (Wildman–Crippen MR) is 146 cm³/mol. The molecule has 2 atom stereocenters. The minimum absolute atomic E-state index is 0.00760. The van der Waals surface area contributed by atoms with E-state index in [4.69, 9.17) is 4.74 Å². The number of carbonyl (C=O) groups excluding carboxylic acids is 1. The molecule has 1 aliphatic heterocycles. The number of carbonyl (C=O) groups is 1. The maximum Gasteiger partial charge on any atom is 0.417 e. The topological polar surface area (TPSA) is 95.8 Å². The predicted octanol–water partition coefficient (Wildman–Crippen LogP) is 4.27. The highest BCUT2D eigenvalue weighted by Crippen LogP contribution is 2.33. The third kappa shape index (κ3) is 6.11. The summed E-state index contributed by atoms with van der Waals surface area (Å²) in [6.45, 7) is 4.33. The first-order valence-corrected chi connectivity index (χ1v) is 12.9. The Morgan fingerprint density at radius 3 is 2.42 bits per heavy atom.